The van der Waals surface area contributed by atoms with Crippen molar-refractivity contribution in [2.45, 2.75) is 12.3 Å². The lowest BCUT2D eigenvalue weighted by Crippen LogP contribution is -2.44. The number of benzene rings is 1. The first-order valence-corrected chi connectivity index (χ1v) is 5.97. The molecule has 2 aliphatic rings. The smallest absolute Gasteiger partial charge is 0.146 e. The summed E-state index contributed by atoms with van der Waals surface area (Å²) < 4.78 is 13.8. The van der Waals surface area contributed by atoms with Crippen LogP contribution < -0.4 is 10.2 Å². The maximum atomic E-state index is 13.8. The molecule has 3 heteroatoms. The Bertz CT molecular complexity index is 405. The molecule has 0 aliphatic carbocycles. The van der Waals surface area contributed by atoms with E-state index in [2.05, 4.69) is 16.3 Å². The predicted molar refractivity (Wildman–Crippen MR) is 63.4 cm³/mol. The van der Waals surface area contributed by atoms with E-state index in [4.69, 9.17) is 0 Å². The summed E-state index contributed by atoms with van der Waals surface area (Å²) in [5, 5.41) is 3.42. The highest BCUT2D eigenvalue weighted by atomic mass is 19.1. The number of para-hydroxylation sites is 1. The van der Waals surface area contributed by atoms with E-state index in [1.807, 2.05) is 13.1 Å². The van der Waals surface area contributed by atoms with Crippen LogP contribution in [0.15, 0.2) is 18.2 Å². The van der Waals surface area contributed by atoms with Gasteiger partial charge in [0.25, 0.3) is 0 Å². The number of nitrogens with zero attached hydrogens (tertiary/aromatic N) is 1. The van der Waals surface area contributed by atoms with E-state index < -0.39 is 0 Å². The molecule has 1 N–H and O–H groups in total. The third-order valence-corrected chi connectivity index (χ3v) is 3.93. The zero-order chi connectivity index (χ0) is 11.1. The van der Waals surface area contributed by atoms with Gasteiger partial charge in [-0.1, -0.05) is 12.1 Å². The van der Waals surface area contributed by atoms with Crippen LogP contribution in [0.5, 0.6) is 0 Å². The Balaban J connectivity index is 2.08. The molecule has 3 rings (SSSR count). The topological polar surface area (TPSA) is 15.3 Å². The van der Waals surface area contributed by atoms with E-state index in [1.165, 1.54) is 12.0 Å². The number of piperidine rings is 1. The number of hydrogen-bond acceptors (Lipinski definition) is 2. The maximum Gasteiger partial charge on any atom is 0.146 e. The molecule has 2 atom stereocenters. The lowest BCUT2D eigenvalue weighted by atomic mass is 9.77. The summed E-state index contributed by atoms with van der Waals surface area (Å²) in [6, 6.07) is 5.48. The van der Waals surface area contributed by atoms with Crippen LogP contribution in [-0.2, 0) is 0 Å². The molecule has 1 aromatic carbocycles. The average Bonchev–Trinajstić information content (AvgIpc) is 2.29. The number of anilines is 1. The van der Waals surface area contributed by atoms with Crippen molar-refractivity contribution in [3.63, 3.8) is 0 Å². The number of fused-ring (bicyclic) bond motifs is 3. The fraction of sp³-hybridized carbons (Fsp3) is 0.538. The molecule has 0 spiro atoms. The normalized spacial score (nSPS) is 28.5. The zero-order valence-electron chi connectivity index (χ0n) is 9.54. The van der Waals surface area contributed by atoms with Gasteiger partial charge in [-0.15, -0.1) is 0 Å². The Morgan fingerprint density at radius 2 is 2.31 bits per heavy atom. The van der Waals surface area contributed by atoms with Gasteiger partial charge in [0.05, 0.1) is 5.69 Å². The van der Waals surface area contributed by atoms with Gasteiger partial charge in [0.15, 0.2) is 0 Å². The standard InChI is InChI=1S/C13H17FN2/c1-16-8-9-5-6-15-7-11(9)10-3-2-4-12(14)13(10)16/h2-4,9,11,15H,5-8H2,1H3. The summed E-state index contributed by atoms with van der Waals surface area (Å²) in [5.41, 5.74) is 2.00. The van der Waals surface area contributed by atoms with E-state index in [0.717, 1.165) is 25.3 Å². The number of halogens is 1. The zero-order valence-corrected chi connectivity index (χ0v) is 9.54. The Labute approximate surface area is 95.4 Å². The highest BCUT2D eigenvalue weighted by Gasteiger charge is 2.34. The third-order valence-electron chi connectivity index (χ3n) is 3.93. The van der Waals surface area contributed by atoms with Crippen molar-refractivity contribution in [2.75, 3.05) is 31.6 Å². The lowest BCUT2D eigenvalue weighted by molar-refractivity contribution is 0.314. The van der Waals surface area contributed by atoms with Crippen molar-refractivity contribution in [1.82, 2.24) is 5.32 Å². The van der Waals surface area contributed by atoms with Crippen LogP contribution in [0.2, 0.25) is 0 Å². The molecule has 2 aliphatic heterocycles. The van der Waals surface area contributed by atoms with Crippen molar-refractivity contribution in [3.05, 3.63) is 29.6 Å². The lowest BCUT2D eigenvalue weighted by Gasteiger charge is -2.42. The quantitative estimate of drug-likeness (QED) is 0.719. The summed E-state index contributed by atoms with van der Waals surface area (Å²) in [5.74, 6) is 1.10. The Kier molecular flexibility index (Phi) is 2.36. The van der Waals surface area contributed by atoms with Gasteiger partial charge in [-0.25, -0.2) is 4.39 Å². The molecule has 0 radical (unpaired) electrons. The largest absolute Gasteiger partial charge is 0.372 e. The van der Waals surface area contributed by atoms with Crippen molar-refractivity contribution >= 4 is 5.69 Å². The summed E-state index contributed by atoms with van der Waals surface area (Å²) in [6.45, 7) is 3.08. The highest BCUT2D eigenvalue weighted by Crippen LogP contribution is 2.41. The second-order valence-corrected chi connectivity index (χ2v) is 4.92. The van der Waals surface area contributed by atoms with Crippen LogP contribution >= 0.6 is 0 Å². The number of rotatable bonds is 0. The Hall–Kier alpha value is -1.09. The molecule has 86 valence electrons. The molecule has 2 nitrogen and oxygen atoms in total. The second kappa shape index (κ2) is 3.74. The van der Waals surface area contributed by atoms with Gasteiger partial charge in [-0.05, 0) is 30.5 Å². The first kappa shape index (κ1) is 10.1. The van der Waals surface area contributed by atoms with Crippen LogP contribution in [-0.4, -0.2) is 26.7 Å². The molecular weight excluding hydrogens is 203 g/mol. The molecule has 1 fully saturated rings. The van der Waals surface area contributed by atoms with Crippen LogP contribution in [0.4, 0.5) is 10.1 Å². The molecular formula is C13H17FN2. The van der Waals surface area contributed by atoms with Crippen LogP contribution in [0.3, 0.4) is 0 Å². The van der Waals surface area contributed by atoms with Gasteiger partial charge in [0, 0.05) is 26.1 Å². The molecule has 0 bridgehead atoms. The SMILES string of the molecule is CN1CC2CCNCC2c2cccc(F)c21. The van der Waals surface area contributed by atoms with E-state index in [-0.39, 0.29) is 5.82 Å². The third kappa shape index (κ3) is 1.42. The number of hydrogen-bond donors (Lipinski definition) is 1. The summed E-state index contributed by atoms with van der Waals surface area (Å²) in [7, 11) is 2.00. The fourth-order valence-corrected chi connectivity index (χ4v) is 3.17. The average molecular weight is 220 g/mol. The second-order valence-electron chi connectivity index (χ2n) is 4.92. The highest BCUT2D eigenvalue weighted by molar-refractivity contribution is 5.58. The minimum atomic E-state index is -0.0796. The minimum absolute atomic E-state index is 0.0796. The van der Waals surface area contributed by atoms with Crippen LogP contribution in [0.1, 0.15) is 17.9 Å². The molecule has 1 saturated heterocycles. The van der Waals surface area contributed by atoms with Crippen molar-refractivity contribution in [2.24, 2.45) is 5.92 Å². The predicted octanol–water partition coefficient (Wildman–Crippen LogP) is 1.97. The van der Waals surface area contributed by atoms with Gasteiger partial charge < -0.3 is 10.2 Å². The van der Waals surface area contributed by atoms with Gasteiger partial charge in [-0.3, -0.25) is 0 Å². The van der Waals surface area contributed by atoms with Gasteiger partial charge >= 0.3 is 0 Å². The van der Waals surface area contributed by atoms with Crippen molar-refractivity contribution in [3.8, 4) is 0 Å². The summed E-state index contributed by atoms with van der Waals surface area (Å²) in [4.78, 5) is 2.08. The molecule has 1 aromatic rings. The Morgan fingerprint density at radius 3 is 3.19 bits per heavy atom. The maximum absolute atomic E-state index is 13.8. The van der Waals surface area contributed by atoms with Gasteiger partial charge in [0.1, 0.15) is 5.82 Å². The summed E-state index contributed by atoms with van der Waals surface area (Å²) in [6.07, 6.45) is 1.20. The summed E-state index contributed by atoms with van der Waals surface area (Å²) >= 11 is 0. The van der Waals surface area contributed by atoms with Crippen LogP contribution in [0, 0.1) is 11.7 Å². The molecule has 0 aromatic heterocycles. The first-order chi connectivity index (χ1) is 7.77. The van der Waals surface area contributed by atoms with E-state index in [1.54, 1.807) is 6.07 Å². The fourth-order valence-electron chi connectivity index (χ4n) is 3.17. The Morgan fingerprint density at radius 1 is 1.44 bits per heavy atom. The van der Waals surface area contributed by atoms with E-state index in [9.17, 15) is 4.39 Å². The van der Waals surface area contributed by atoms with Crippen LogP contribution in [0.25, 0.3) is 0 Å². The molecule has 2 heterocycles. The molecule has 16 heavy (non-hydrogen) atoms. The van der Waals surface area contributed by atoms with Gasteiger partial charge in [-0.2, -0.15) is 0 Å². The molecule has 0 amide bonds. The number of nitrogens with one attached hydrogen (secondary N) is 1. The van der Waals surface area contributed by atoms with E-state index in [0.29, 0.717) is 11.8 Å². The first-order valence-electron chi connectivity index (χ1n) is 5.97. The van der Waals surface area contributed by atoms with Crippen molar-refractivity contribution < 1.29 is 4.39 Å². The monoisotopic (exact) mass is 220 g/mol. The molecule has 2 unspecified atom stereocenters. The van der Waals surface area contributed by atoms with Crippen molar-refractivity contribution in [1.29, 1.82) is 0 Å². The minimum Gasteiger partial charge on any atom is -0.372 e. The van der Waals surface area contributed by atoms with Gasteiger partial charge in [0.2, 0.25) is 0 Å². The van der Waals surface area contributed by atoms with E-state index >= 15 is 0 Å². The molecule has 0 saturated carbocycles.